The molecule has 0 radical (unpaired) electrons. The predicted octanol–water partition coefficient (Wildman–Crippen LogP) is 5.45. The van der Waals surface area contributed by atoms with Gasteiger partial charge in [0, 0.05) is 13.1 Å². The van der Waals surface area contributed by atoms with Crippen LogP contribution in [0, 0.1) is 0 Å². The van der Waals surface area contributed by atoms with E-state index in [1.54, 1.807) is 0 Å². The molecule has 0 aliphatic carbocycles. The summed E-state index contributed by atoms with van der Waals surface area (Å²) in [7, 11) is 0. The highest BCUT2D eigenvalue weighted by Crippen LogP contribution is 2.10. The Labute approximate surface area is 195 Å². The van der Waals surface area contributed by atoms with Crippen molar-refractivity contribution in [1.82, 2.24) is 10.6 Å². The van der Waals surface area contributed by atoms with Gasteiger partial charge in [0.25, 0.3) is 0 Å². The summed E-state index contributed by atoms with van der Waals surface area (Å²) in [4.78, 5) is 23.8. The molecule has 0 heterocycles. The largest absolute Gasteiger partial charge is 0.445 e. The Morgan fingerprint density at radius 1 is 0.812 bits per heavy atom. The maximum Gasteiger partial charge on any atom is 0.407 e. The van der Waals surface area contributed by atoms with Crippen LogP contribution in [-0.2, 0) is 16.1 Å². The van der Waals surface area contributed by atoms with Crippen LogP contribution < -0.4 is 16.4 Å². The standard InChI is InChI=1S/C26H45N3O3/c1-2-3-4-5-6-7-8-9-10-15-20-28-25(30)24(27)19-14-16-21-29-26(31)32-22-23-17-12-11-13-18-23/h11-13,17-18,24H,2-10,14-16,19-22,27H2,1H3,(H,28,30)(H,29,31). The number of ether oxygens (including phenoxy) is 1. The number of carbonyl (C=O) groups is 2. The Morgan fingerprint density at radius 3 is 2.03 bits per heavy atom. The zero-order valence-corrected chi connectivity index (χ0v) is 20.1. The van der Waals surface area contributed by atoms with Crippen molar-refractivity contribution in [3.8, 4) is 0 Å². The predicted molar refractivity (Wildman–Crippen MR) is 131 cm³/mol. The van der Waals surface area contributed by atoms with Gasteiger partial charge < -0.3 is 21.1 Å². The lowest BCUT2D eigenvalue weighted by molar-refractivity contribution is -0.122. The number of carbonyl (C=O) groups excluding carboxylic acids is 2. The highest BCUT2D eigenvalue weighted by atomic mass is 16.5. The van der Waals surface area contributed by atoms with Crippen LogP contribution >= 0.6 is 0 Å². The van der Waals surface area contributed by atoms with Gasteiger partial charge in [0.05, 0.1) is 6.04 Å². The molecule has 0 fully saturated rings. The summed E-state index contributed by atoms with van der Waals surface area (Å²) >= 11 is 0. The molecule has 0 bridgehead atoms. The Kier molecular flexibility index (Phi) is 17.1. The first-order valence-electron chi connectivity index (χ1n) is 12.6. The van der Waals surface area contributed by atoms with E-state index in [0.717, 1.165) is 31.2 Å². The van der Waals surface area contributed by atoms with Gasteiger partial charge >= 0.3 is 6.09 Å². The van der Waals surface area contributed by atoms with Gasteiger partial charge in [0.2, 0.25) is 5.91 Å². The van der Waals surface area contributed by atoms with Gasteiger partial charge in [0.15, 0.2) is 0 Å². The third-order valence-electron chi connectivity index (χ3n) is 5.59. The lowest BCUT2D eigenvalue weighted by Gasteiger charge is -2.12. The third-order valence-corrected chi connectivity index (χ3v) is 5.59. The SMILES string of the molecule is CCCCCCCCCCCCNC(=O)C(N)CCCCNC(=O)OCc1ccccc1. The zero-order chi connectivity index (χ0) is 23.3. The minimum absolute atomic E-state index is 0.0730. The molecule has 0 aliphatic rings. The van der Waals surface area contributed by atoms with Crippen LogP contribution in [0.4, 0.5) is 4.79 Å². The van der Waals surface area contributed by atoms with Crippen molar-refractivity contribution in [3.63, 3.8) is 0 Å². The van der Waals surface area contributed by atoms with E-state index in [9.17, 15) is 9.59 Å². The number of unbranched alkanes of at least 4 members (excludes halogenated alkanes) is 10. The van der Waals surface area contributed by atoms with Gasteiger partial charge in [-0.15, -0.1) is 0 Å². The Bertz CT molecular complexity index is 595. The van der Waals surface area contributed by atoms with E-state index in [2.05, 4.69) is 17.6 Å². The monoisotopic (exact) mass is 447 g/mol. The zero-order valence-electron chi connectivity index (χ0n) is 20.1. The third kappa shape index (κ3) is 15.7. The topological polar surface area (TPSA) is 93.5 Å². The van der Waals surface area contributed by atoms with Crippen LogP contribution in [0.1, 0.15) is 96.0 Å². The lowest BCUT2D eigenvalue weighted by atomic mass is 10.1. The first kappa shape index (κ1) is 28.0. The molecule has 32 heavy (non-hydrogen) atoms. The number of amides is 2. The van der Waals surface area contributed by atoms with Crippen LogP contribution in [0.3, 0.4) is 0 Å². The lowest BCUT2D eigenvalue weighted by Crippen LogP contribution is -2.41. The Morgan fingerprint density at radius 2 is 1.38 bits per heavy atom. The fourth-order valence-electron chi connectivity index (χ4n) is 3.54. The summed E-state index contributed by atoms with van der Waals surface area (Å²) < 4.78 is 5.16. The van der Waals surface area contributed by atoms with Gasteiger partial charge in [0.1, 0.15) is 6.61 Å². The fourth-order valence-corrected chi connectivity index (χ4v) is 3.54. The highest BCUT2D eigenvalue weighted by molar-refractivity contribution is 5.81. The van der Waals surface area contributed by atoms with E-state index in [1.807, 2.05) is 30.3 Å². The van der Waals surface area contributed by atoms with Gasteiger partial charge in [-0.2, -0.15) is 0 Å². The van der Waals surface area contributed by atoms with Crippen molar-refractivity contribution in [3.05, 3.63) is 35.9 Å². The van der Waals surface area contributed by atoms with Crippen molar-refractivity contribution in [2.24, 2.45) is 5.73 Å². The Hall–Kier alpha value is -2.08. The van der Waals surface area contributed by atoms with Crippen molar-refractivity contribution < 1.29 is 14.3 Å². The van der Waals surface area contributed by atoms with E-state index in [0.29, 0.717) is 19.5 Å². The number of rotatable bonds is 19. The maximum absolute atomic E-state index is 12.1. The summed E-state index contributed by atoms with van der Waals surface area (Å²) in [6.45, 7) is 3.73. The molecule has 1 rings (SSSR count). The van der Waals surface area contributed by atoms with Crippen LogP contribution in [0.25, 0.3) is 0 Å². The number of benzene rings is 1. The van der Waals surface area contributed by atoms with Crippen molar-refractivity contribution in [2.45, 2.75) is 103 Å². The Balaban J connectivity index is 1.90. The molecular formula is C26H45N3O3. The van der Waals surface area contributed by atoms with Gasteiger partial charge in [-0.05, 0) is 31.2 Å². The van der Waals surface area contributed by atoms with E-state index < -0.39 is 12.1 Å². The molecule has 1 aromatic carbocycles. The van der Waals surface area contributed by atoms with E-state index in [1.165, 1.54) is 51.4 Å². The molecule has 182 valence electrons. The summed E-state index contributed by atoms with van der Waals surface area (Å²) in [6.07, 6.45) is 14.6. The molecule has 0 spiro atoms. The molecule has 4 N–H and O–H groups in total. The minimum atomic E-state index is -0.483. The second kappa shape index (κ2) is 19.6. The van der Waals surface area contributed by atoms with Crippen LogP contribution in [0.2, 0.25) is 0 Å². The number of nitrogens with two attached hydrogens (primary N) is 1. The number of alkyl carbamates (subject to hydrolysis) is 1. The summed E-state index contributed by atoms with van der Waals surface area (Å²) in [5, 5.41) is 5.67. The van der Waals surface area contributed by atoms with E-state index in [4.69, 9.17) is 10.5 Å². The molecule has 6 heteroatoms. The number of hydrogen-bond acceptors (Lipinski definition) is 4. The van der Waals surface area contributed by atoms with Crippen molar-refractivity contribution in [1.29, 1.82) is 0 Å². The summed E-state index contributed by atoms with van der Waals surface area (Å²) in [6, 6.07) is 9.09. The first-order chi connectivity index (χ1) is 15.6. The quantitative estimate of drug-likeness (QED) is 0.246. The molecule has 0 aromatic heterocycles. The number of hydrogen-bond donors (Lipinski definition) is 3. The van der Waals surface area contributed by atoms with E-state index in [-0.39, 0.29) is 12.5 Å². The van der Waals surface area contributed by atoms with Crippen molar-refractivity contribution in [2.75, 3.05) is 13.1 Å². The molecular weight excluding hydrogens is 402 g/mol. The molecule has 1 atom stereocenters. The van der Waals surface area contributed by atoms with E-state index >= 15 is 0 Å². The molecule has 6 nitrogen and oxygen atoms in total. The first-order valence-corrected chi connectivity index (χ1v) is 12.6. The summed E-state index contributed by atoms with van der Waals surface area (Å²) in [5.74, 6) is -0.0730. The normalized spacial score (nSPS) is 11.7. The van der Waals surface area contributed by atoms with Crippen LogP contribution in [-0.4, -0.2) is 31.1 Å². The van der Waals surface area contributed by atoms with Crippen LogP contribution in [0.5, 0.6) is 0 Å². The van der Waals surface area contributed by atoms with Crippen molar-refractivity contribution >= 4 is 12.0 Å². The second-order valence-electron chi connectivity index (χ2n) is 8.56. The second-order valence-corrected chi connectivity index (χ2v) is 8.56. The molecule has 2 amide bonds. The average Bonchev–Trinajstić information content (AvgIpc) is 2.81. The molecule has 0 aliphatic heterocycles. The van der Waals surface area contributed by atoms with Crippen LogP contribution in [0.15, 0.2) is 30.3 Å². The smallest absolute Gasteiger partial charge is 0.407 e. The molecule has 1 unspecified atom stereocenters. The molecule has 1 aromatic rings. The maximum atomic E-state index is 12.1. The minimum Gasteiger partial charge on any atom is -0.445 e. The van der Waals surface area contributed by atoms with Gasteiger partial charge in [-0.1, -0.05) is 95.0 Å². The average molecular weight is 448 g/mol. The van der Waals surface area contributed by atoms with Gasteiger partial charge in [-0.3, -0.25) is 4.79 Å². The summed E-state index contributed by atoms with van der Waals surface area (Å²) in [5.41, 5.74) is 6.93. The fraction of sp³-hybridized carbons (Fsp3) is 0.692. The molecule has 0 saturated heterocycles. The van der Waals surface area contributed by atoms with Gasteiger partial charge in [-0.25, -0.2) is 4.79 Å². The molecule has 0 saturated carbocycles. The highest BCUT2D eigenvalue weighted by Gasteiger charge is 2.12. The number of nitrogens with one attached hydrogen (secondary N) is 2.